The van der Waals surface area contributed by atoms with Crippen molar-refractivity contribution >= 4 is 63.3 Å². The van der Waals surface area contributed by atoms with Gasteiger partial charge in [-0.15, -0.1) is 0 Å². The number of benzene rings is 3. The molecule has 10 heteroatoms. The second-order valence-corrected chi connectivity index (χ2v) is 8.90. The number of nitro groups is 1. The number of carbonyl (C=O) groups excluding carboxylic acids is 1. The van der Waals surface area contributed by atoms with Crippen LogP contribution in [0, 0.1) is 15.9 Å². The van der Waals surface area contributed by atoms with Crippen LogP contribution >= 0.6 is 35.6 Å². The van der Waals surface area contributed by atoms with Crippen molar-refractivity contribution < 1.29 is 18.8 Å². The topological polar surface area (TPSA) is 72.7 Å². The van der Waals surface area contributed by atoms with Gasteiger partial charge in [-0.1, -0.05) is 65.9 Å². The lowest BCUT2D eigenvalue weighted by molar-refractivity contribution is -0.384. The lowest BCUT2D eigenvalue weighted by Crippen LogP contribution is -2.27. The molecule has 3 aromatic rings. The number of hydrogen-bond donors (Lipinski definition) is 0. The molecule has 1 aliphatic rings. The van der Waals surface area contributed by atoms with Gasteiger partial charge in [0.2, 0.25) is 0 Å². The van der Waals surface area contributed by atoms with E-state index in [1.54, 1.807) is 42.5 Å². The smallest absolute Gasteiger partial charge is 0.271 e. The van der Waals surface area contributed by atoms with Gasteiger partial charge in [-0.3, -0.25) is 19.8 Å². The maximum absolute atomic E-state index is 14.1. The molecular weight excluding hydrogens is 487 g/mol. The molecule has 4 rings (SSSR count). The minimum absolute atomic E-state index is 0.0923. The molecule has 3 aromatic carbocycles. The number of thioether (sulfide) groups is 1. The highest BCUT2D eigenvalue weighted by molar-refractivity contribution is 8.27. The van der Waals surface area contributed by atoms with Crippen LogP contribution in [0.3, 0.4) is 0 Å². The van der Waals surface area contributed by atoms with Crippen molar-refractivity contribution in [3.8, 4) is 5.75 Å². The average Bonchev–Trinajstić information content (AvgIpc) is 3.07. The highest BCUT2D eigenvalue weighted by Gasteiger charge is 2.34. The van der Waals surface area contributed by atoms with Gasteiger partial charge in [-0.05, 0) is 30.3 Å². The van der Waals surface area contributed by atoms with E-state index in [0.29, 0.717) is 21.9 Å². The summed E-state index contributed by atoms with van der Waals surface area (Å²) in [6.45, 7) is -0.0923. The molecule has 0 atom stereocenters. The predicted molar refractivity (Wildman–Crippen MR) is 131 cm³/mol. The summed E-state index contributed by atoms with van der Waals surface area (Å²) in [5.74, 6) is -0.451. The van der Waals surface area contributed by atoms with Crippen LogP contribution in [0.15, 0.2) is 71.6 Å². The number of thiocarbonyl (C=S) groups is 1. The monoisotopic (exact) mass is 500 g/mol. The molecule has 0 saturated carbocycles. The van der Waals surface area contributed by atoms with Gasteiger partial charge < -0.3 is 4.74 Å². The number of hydrogen-bond acceptors (Lipinski definition) is 6. The standard InChI is InChI=1S/C23H14ClFN2O4S2/c24-18-8-4-9-19(25)17(18)13-31-20-10-2-1-5-14(20)11-21-22(28)26(23(32)33-21)15-6-3-7-16(12-15)27(29)30/h1-12H,13H2/b21-11+. The second kappa shape index (κ2) is 9.70. The zero-order chi connectivity index (χ0) is 23.5. The summed E-state index contributed by atoms with van der Waals surface area (Å²) in [4.78, 5) is 25.2. The number of non-ortho nitro benzene ring substituents is 1. The van der Waals surface area contributed by atoms with E-state index in [4.69, 9.17) is 28.6 Å². The van der Waals surface area contributed by atoms with Gasteiger partial charge in [0.05, 0.1) is 20.5 Å². The van der Waals surface area contributed by atoms with E-state index in [2.05, 4.69) is 0 Å². The number of amides is 1. The first kappa shape index (κ1) is 22.9. The van der Waals surface area contributed by atoms with Crippen LogP contribution in [0.1, 0.15) is 11.1 Å². The van der Waals surface area contributed by atoms with Crippen LogP contribution in [0.2, 0.25) is 5.02 Å². The minimum atomic E-state index is -0.535. The highest BCUT2D eigenvalue weighted by Crippen LogP contribution is 2.38. The molecule has 6 nitrogen and oxygen atoms in total. The summed E-state index contributed by atoms with van der Waals surface area (Å²) >= 11 is 12.5. The number of nitro benzene ring substituents is 1. The number of carbonyl (C=O) groups is 1. The molecule has 1 heterocycles. The van der Waals surface area contributed by atoms with Crippen LogP contribution < -0.4 is 9.64 Å². The fourth-order valence-corrected chi connectivity index (χ4v) is 4.64. The minimum Gasteiger partial charge on any atom is -0.488 e. The Bertz CT molecular complexity index is 1290. The molecule has 0 unspecified atom stereocenters. The molecule has 1 saturated heterocycles. The number of rotatable bonds is 6. The van der Waals surface area contributed by atoms with E-state index in [1.165, 1.54) is 35.2 Å². The Hall–Kier alpha value is -3.27. The molecular formula is C23H14ClFN2O4S2. The van der Waals surface area contributed by atoms with Crippen molar-refractivity contribution in [2.75, 3.05) is 4.90 Å². The van der Waals surface area contributed by atoms with Crippen LogP contribution in [0.4, 0.5) is 15.8 Å². The molecule has 0 aromatic heterocycles. The molecule has 0 N–H and O–H groups in total. The quantitative estimate of drug-likeness (QED) is 0.169. The van der Waals surface area contributed by atoms with Gasteiger partial charge >= 0.3 is 0 Å². The van der Waals surface area contributed by atoms with Crippen molar-refractivity contribution in [1.29, 1.82) is 0 Å². The van der Waals surface area contributed by atoms with Crippen molar-refractivity contribution in [3.05, 3.63) is 104 Å². The summed E-state index contributed by atoms with van der Waals surface area (Å²) in [6.07, 6.45) is 1.62. The SMILES string of the molecule is O=C1/C(=C\c2ccccc2OCc2c(F)cccc2Cl)SC(=S)N1c1cccc([N+](=O)[O-])c1. The van der Waals surface area contributed by atoms with Gasteiger partial charge in [0.15, 0.2) is 4.32 Å². The molecule has 0 aliphatic carbocycles. The van der Waals surface area contributed by atoms with Crippen molar-refractivity contribution in [2.24, 2.45) is 0 Å². The van der Waals surface area contributed by atoms with E-state index in [-0.39, 0.29) is 27.2 Å². The third kappa shape index (κ3) is 4.90. The van der Waals surface area contributed by atoms with Crippen LogP contribution in [-0.4, -0.2) is 15.2 Å². The first-order valence-corrected chi connectivity index (χ1v) is 11.1. The number of halogens is 2. The predicted octanol–water partition coefficient (Wildman–Crippen LogP) is 6.37. The lowest BCUT2D eigenvalue weighted by Gasteiger charge is -2.14. The van der Waals surface area contributed by atoms with E-state index >= 15 is 0 Å². The summed E-state index contributed by atoms with van der Waals surface area (Å²) in [5.41, 5.74) is 0.986. The van der Waals surface area contributed by atoms with Gasteiger partial charge in [0.1, 0.15) is 18.2 Å². The molecule has 1 amide bonds. The summed E-state index contributed by atoms with van der Waals surface area (Å²) in [7, 11) is 0. The molecule has 0 radical (unpaired) electrons. The zero-order valence-electron chi connectivity index (χ0n) is 16.7. The van der Waals surface area contributed by atoms with E-state index in [9.17, 15) is 19.3 Å². The molecule has 0 bridgehead atoms. The van der Waals surface area contributed by atoms with E-state index in [0.717, 1.165) is 11.8 Å². The molecule has 166 valence electrons. The Labute approximate surface area is 202 Å². The van der Waals surface area contributed by atoms with Gasteiger partial charge in [-0.25, -0.2) is 4.39 Å². The first-order chi connectivity index (χ1) is 15.8. The molecule has 0 spiro atoms. The Morgan fingerprint density at radius 2 is 1.91 bits per heavy atom. The molecule has 33 heavy (non-hydrogen) atoms. The van der Waals surface area contributed by atoms with Crippen molar-refractivity contribution in [2.45, 2.75) is 6.61 Å². The number of ether oxygens (including phenoxy) is 1. The van der Waals surface area contributed by atoms with Crippen molar-refractivity contribution in [3.63, 3.8) is 0 Å². The average molecular weight is 501 g/mol. The van der Waals surface area contributed by atoms with Gasteiger partial charge in [0, 0.05) is 23.3 Å². The maximum Gasteiger partial charge on any atom is 0.271 e. The summed E-state index contributed by atoms with van der Waals surface area (Å²) < 4.78 is 20.1. The van der Waals surface area contributed by atoms with Crippen LogP contribution in [-0.2, 0) is 11.4 Å². The Balaban J connectivity index is 1.60. The largest absolute Gasteiger partial charge is 0.488 e. The molecule has 1 aliphatic heterocycles. The fraction of sp³-hybridized carbons (Fsp3) is 0.0435. The zero-order valence-corrected chi connectivity index (χ0v) is 19.1. The molecule has 1 fully saturated rings. The van der Waals surface area contributed by atoms with Crippen LogP contribution in [0.5, 0.6) is 5.75 Å². The Morgan fingerprint density at radius 3 is 2.67 bits per heavy atom. The highest BCUT2D eigenvalue weighted by atomic mass is 35.5. The Kier molecular flexibility index (Phi) is 6.73. The third-order valence-electron chi connectivity index (χ3n) is 4.73. The lowest BCUT2D eigenvalue weighted by atomic mass is 10.1. The van der Waals surface area contributed by atoms with Crippen molar-refractivity contribution in [1.82, 2.24) is 0 Å². The van der Waals surface area contributed by atoms with Gasteiger partial charge in [0.25, 0.3) is 11.6 Å². The summed E-state index contributed by atoms with van der Waals surface area (Å²) in [6, 6.07) is 17.1. The fourth-order valence-electron chi connectivity index (χ4n) is 3.13. The van der Waals surface area contributed by atoms with E-state index in [1.807, 2.05) is 0 Å². The second-order valence-electron chi connectivity index (χ2n) is 6.82. The van der Waals surface area contributed by atoms with E-state index < -0.39 is 16.6 Å². The number of para-hydroxylation sites is 1. The third-order valence-corrected chi connectivity index (χ3v) is 6.39. The van der Waals surface area contributed by atoms with Crippen LogP contribution in [0.25, 0.3) is 6.08 Å². The Morgan fingerprint density at radius 1 is 1.15 bits per heavy atom. The normalized spacial score (nSPS) is 14.7. The summed E-state index contributed by atoms with van der Waals surface area (Å²) in [5, 5.41) is 11.3. The number of nitrogens with zero attached hydrogens (tertiary/aromatic N) is 2. The van der Waals surface area contributed by atoms with Gasteiger partial charge in [-0.2, -0.15) is 0 Å². The number of anilines is 1. The first-order valence-electron chi connectivity index (χ1n) is 9.52. The maximum atomic E-state index is 14.1.